The maximum absolute atomic E-state index is 4.78. The molecule has 0 spiro atoms. The molecule has 1 atom stereocenters. The summed E-state index contributed by atoms with van der Waals surface area (Å²) in [6.45, 7) is 5.81. The lowest BCUT2D eigenvalue weighted by Crippen LogP contribution is -2.46. The first-order valence-electron chi connectivity index (χ1n) is 6.79. The molecular formula is C15H20N2S. The molecule has 1 aliphatic rings. The zero-order valence-corrected chi connectivity index (χ0v) is 11.9. The van der Waals surface area contributed by atoms with Gasteiger partial charge in [-0.05, 0) is 37.4 Å². The van der Waals surface area contributed by atoms with Crippen molar-refractivity contribution in [3.63, 3.8) is 0 Å². The van der Waals surface area contributed by atoms with Crippen LogP contribution in [0.15, 0.2) is 24.3 Å². The van der Waals surface area contributed by atoms with Crippen molar-refractivity contribution in [2.24, 2.45) is 5.92 Å². The van der Waals surface area contributed by atoms with Crippen molar-refractivity contribution in [3.05, 3.63) is 29.3 Å². The molecule has 3 heteroatoms. The van der Waals surface area contributed by atoms with Gasteiger partial charge in [0.2, 0.25) is 0 Å². The van der Waals surface area contributed by atoms with Crippen LogP contribution in [0.3, 0.4) is 0 Å². The molecule has 3 rings (SSSR count). The molecule has 1 N–H and O–H groups in total. The van der Waals surface area contributed by atoms with E-state index in [1.807, 2.05) is 11.3 Å². The molecule has 1 aromatic heterocycles. The van der Waals surface area contributed by atoms with Crippen LogP contribution in [0.5, 0.6) is 0 Å². The Hall–Kier alpha value is -0.930. The van der Waals surface area contributed by atoms with E-state index in [1.54, 1.807) is 0 Å². The highest BCUT2D eigenvalue weighted by molar-refractivity contribution is 7.18. The monoisotopic (exact) mass is 260 g/mol. The van der Waals surface area contributed by atoms with Gasteiger partial charge in [-0.3, -0.25) is 0 Å². The first kappa shape index (κ1) is 12.1. The number of rotatable bonds is 3. The van der Waals surface area contributed by atoms with Crippen molar-refractivity contribution in [1.29, 1.82) is 0 Å². The van der Waals surface area contributed by atoms with Crippen molar-refractivity contribution >= 4 is 21.6 Å². The first-order chi connectivity index (χ1) is 8.70. The Morgan fingerprint density at radius 2 is 2.22 bits per heavy atom. The van der Waals surface area contributed by atoms with Gasteiger partial charge in [0.1, 0.15) is 0 Å². The lowest BCUT2D eigenvalue weighted by atomic mass is 9.82. The van der Waals surface area contributed by atoms with Gasteiger partial charge in [0, 0.05) is 12.0 Å². The first-order valence-corrected chi connectivity index (χ1v) is 7.61. The Morgan fingerprint density at radius 3 is 2.89 bits per heavy atom. The standard InChI is InChI=1S/C15H20N2S/c1-11(2)15(8-5-9-16-15)10-14-17-12-6-3-4-7-13(12)18-14/h3-4,6-7,11,16H,5,8-10H2,1-2H3. The van der Waals surface area contributed by atoms with E-state index in [-0.39, 0.29) is 5.54 Å². The minimum Gasteiger partial charge on any atom is -0.311 e. The molecule has 1 aromatic carbocycles. The van der Waals surface area contributed by atoms with Crippen LogP contribution >= 0.6 is 11.3 Å². The molecule has 18 heavy (non-hydrogen) atoms. The molecule has 0 amide bonds. The second-order valence-electron chi connectivity index (χ2n) is 5.59. The molecule has 0 saturated carbocycles. The Bertz CT molecular complexity index is 505. The average Bonchev–Trinajstić information content (AvgIpc) is 2.95. The van der Waals surface area contributed by atoms with Gasteiger partial charge >= 0.3 is 0 Å². The average molecular weight is 260 g/mol. The van der Waals surface area contributed by atoms with E-state index in [0.29, 0.717) is 5.92 Å². The summed E-state index contributed by atoms with van der Waals surface area (Å²) in [6.07, 6.45) is 3.65. The number of hydrogen-bond donors (Lipinski definition) is 1. The number of hydrogen-bond acceptors (Lipinski definition) is 3. The van der Waals surface area contributed by atoms with Crippen LogP contribution < -0.4 is 5.32 Å². The van der Waals surface area contributed by atoms with Crippen molar-refractivity contribution in [1.82, 2.24) is 10.3 Å². The van der Waals surface area contributed by atoms with Gasteiger partial charge in [0.25, 0.3) is 0 Å². The normalized spacial score (nSPS) is 24.2. The lowest BCUT2D eigenvalue weighted by Gasteiger charge is -2.33. The second-order valence-corrected chi connectivity index (χ2v) is 6.71. The third-order valence-corrected chi connectivity index (χ3v) is 5.22. The van der Waals surface area contributed by atoms with Gasteiger partial charge in [0.15, 0.2) is 0 Å². The van der Waals surface area contributed by atoms with E-state index < -0.39 is 0 Å². The van der Waals surface area contributed by atoms with E-state index in [0.717, 1.165) is 18.5 Å². The summed E-state index contributed by atoms with van der Waals surface area (Å²) in [7, 11) is 0. The number of thiazole rings is 1. The summed E-state index contributed by atoms with van der Waals surface area (Å²) in [5, 5.41) is 5.01. The van der Waals surface area contributed by atoms with Crippen molar-refractivity contribution in [3.8, 4) is 0 Å². The number of aromatic nitrogens is 1. The highest BCUT2D eigenvalue weighted by Gasteiger charge is 2.37. The molecule has 2 nitrogen and oxygen atoms in total. The van der Waals surface area contributed by atoms with Crippen LogP contribution in [0.25, 0.3) is 10.2 Å². The maximum Gasteiger partial charge on any atom is 0.0957 e. The SMILES string of the molecule is CC(C)C1(Cc2nc3ccccc3s2)CCCN1. The predicted octanol–water partition coefficient (Wildman–Crippen LogP) is 3.62. The molecule has 2 aromatic rings. The van der Waals surface area contributed by atoms with Crippen LogP contribution in [0.1, 0.15) is 31.7 Å². The zero-order valence-electron chi connectivity index (χ0n) is 11.1. The van der Waals surface area contributed by atoms with Crippen LogP contribution in [0, 0.1) is 5.92 Å². The Kier molecular flexibility index (Phi) is 3.12. The van der Waals surface area contributed by atoms with Crippen LogP contribution in [-0.4, -0.2) is 17.1 Å². The van der Waals surface area contributed by atoms with Gasteiger partial charge in [-0.25, -0.2) is 4.98 Å². The summed E-state index contributed by atoms with van der Waals surface area (Å²) >= 11 is 1.85. The van der Waals surface area contributed by atoms with E-state index in [9.17, 15) is 0 Å². The fourth-order valence-corrected chi connectivity index (χ4v) is 4.04. The fraction of sp³-hybridized carbons (Fsp3) is 0.533. The molecule has 2 heterocycles. The molecule has 0 bridgehead atoms. The van der Waals surface area contributed by atoms with Crippen LogP contribution in [0.2, 0.25) is 0 Å². The molecule has 1 fully saturated rings. The number of fused-ring (bicyclic) bond motifs is 1. The largest absolute Gasteiger partial charge is 0.311 e. The summed E-state index contributed by atoms with van der Waals surface area (Å²) in [5.74, 6) is 0.659. The fourth-order valence-electron chi connectivity index (χ4n) is 2.94. The van der Waals surface area contributed by atoms with E-state index in [2.05, 4.69) is 43.4 Å². The van der Waals surface area contributed by atoms with Crippen LogP contribution in [0.4, 0.5) is 0 Å². The molecule has 0 radical (unpaired) electrons. The molecule has 1 unspecified atom stereocenters. The molecule has 1 saturated heterocycles. The zero-order chi connectivity index (χ0) is 12.6. The van der Waals surface area contributed by atoms with Gasteiger partial charge in [-0.15, -0.1) is 11.3 Å². The third-order valence-electron chi connectivity index (χ3n) is 4.19. The minimum atomic E-state index is 0.272. The summed E-state index contributed by atoms with van der Waals surface area (Å²) in [4.78, 5) is 4.78. The molecule has 0 aliphatic carbocycles. The van der Waals surface area contributed by atoms with Gasteiger partial charge < -0.3 is 5.32 Å². The van der Waals surface area contributed by atoms with Gasteiger partial charge in [0.05, 0.1) is 15.2 Å². The lowest BCUT2D eigenvalue weighted by molar-refractivity contribution is 0.269. The van der Waals surface area contributed by atoms with Crippen molar-refractivity contribution < 1.29 is 0 Å². The highest BCUT2D eigenvalue weighted by atomic mass is 32.1. The smallest absolute Gasteiger partial charge is 0.0957 e. The number of para-hydroxylation sites is 1. The topological polar surface area (TPSA) is 24.9 Å². The minimum absolute atomic E-state index is 0.272. The van der Waals surface area contributed by atoms with Crippen LogP contribution in [-0.2, 0) is 6.42 Å². The number of nitrogens with zero attached hydrogens (tertiary/aromatic N) is 1. The van der Waals surface area contributed by atoms with Crippen molar-refractivity contribution in [2.45, 2.75) is 38.6 Å². The molecule has 1 aliphatic heterocycles. The van der Waals surface area contributed by atoms with Crippen molar-refractivity contribution in [2.75, 3.05) is 6.54 Å². The number of nitrogens with one attached hydrogen (secondary N) is 1. The Morgan fingerprint density at radius 1 is 1.39 bits per heavy atom. The summed E-state index contributed by atoms with van der Waals surface area (Å²) < 4.78 is 1.31. The molecule has 96 valence electrons. The Balaban J connectivity index is 1.90. The summed E-state index contributed by atoms with van der Waals surface area (Å²) in [5.41, 5.74) is 1.42. The second kappa shape index (κ2) is 4.63. The highest BCUT2D eigenvalue weighted by Crippen LogP contribution is 2.33. The Labute approximate surface area is 112 Å². The number of benzene rings is 1. The predicted molar refractivity (Wildman–Crippen MR) is 78.1 cm³/mol. The quantitative estimate of drug-likeness (QED) is 0.911. The maximum atomic E-state index is 4.78. The van der Waals surface area contributed by atoms with Gasteiger partial charge in [-0.1, -0.05) is 26.0 Å². The summed E-state index contributed by atoms with van der Waals surface area (Å²) in [6, 6.07) is 8.44. The van der Waals surface area contributed by atoms with E-state index in [4.69, 9.17) is 4.98 Å². The third kappa shape index (κ3) is 2.06. The molecular weight excluding hydrogens is 240 g/mol. The van der Waals surface area contributed by atoms with Gasteiger partial charge in [-0.2, -0.15) is 0 Å². The van der Waals surface area contributed by atoms with E-state index >= 15 is 0 Å². The van der Waals surface area contributed by atoms with E-state index in [1.165, 1.54) is 22.5 Å².